The minimum Gasteiger partial charge on any atom is -0.480 e. The van der Waals surface area contributed by atoms with E-state index in [1.807, 2.05) is 43.3 Å². The number of allylic oxidation sites excluding steroid dienone is 2. The third-order valence-corrected chi connectivity index (χ3v) is 12.3. The molecule has 23 nitrogen and oxygen atoms in total. The molecule has 23 heteroatoms. The molecular formula is C49H76N10O13. The van der Waals surface area contributed by atoms with Crippen LogP contribution in [-0.2, 0) is 54.3 Å². The number of aliphatic imine (C=N–C) groups is 1. The van der Waals surface area contributed by atoms with Gasteiger partial charge in [-0.1, -0.05) is 88.8 Å². The van der Waals surface area contributed by atoms with E-state index in [4.69, 9.17) is 16.2 Å². The van der Waals surface area contributed by atoms with Crippen molar-refractivity contribution in [2.24, 2.45) is 40.1 Å². The van der Waals surface area contributed by atoms with Crippen LogP contribution in [0.5, 0.6) is 0 Å². The molecule has 400 valence electrons. The topological polar surface area (TPSA) is 363 Å². The van der Waals surface area contributed by atoms with Crippen LogP contribution in [0.25, 0.3) is 0 Å². The number of aliphatic hydroxyl groups is 1. The standard InChI is InChI=1S/C49H76N10O13/c1-26(2)22-36-45(66)58-40(48(70)71)30(6)42(63)55-34(16-13-21-52-49(50)51)44(65)54-33(18-17-27(3)23-28(4)38(72-9)24-32-14-11-10-12-15-32)29(5)41(62)56-35(47(68)69)19-20-39(61)59(8)37(25-60)46(67)53-31(7)43(64)57-36/h10-12,14-15,17-18,23,26,28-31,33-38,40,60H,13,16,19-22,24-25H2,1-9H3,(H,53,67)(H,54,65)(H,55,63)(H,56,62)(H,57,64)(H,58,66)(H,68,69)(H,70,71)(H4,50,51,52)/b18-17+,27-23+/t28-,29-,30-,31+,33-,34-,35+,36-,37-,38-,40?/m0/s1. The summed E-state index contributed by atoms with van der Waals surface area (Å²) in [6.45, 7) is 10.2. The molecule has 1 aromatic rings. The van der Waals surface area contributed by atoms with Gasteiger partial charge in [0.25, 0.3) is 0 Å². The highest BCUT2D eigenvalue weighted by Crippen LogP contribution is 2.19. The quantitative estimate of drug-likeness (QED) is 0.0429. The fourth-order valence-corrected chi connectivity index (χ4v) is 7.75. The van der Waals surface area contributed by atoms with E-state index in [0.717, 1.165) is 10.5 Å². The van der Waals surface area contributed by atoms with Crippen molar-refractivity contribution in [2.45, 2.75) is 135 Å². The Balaban J connectivity index is 2.75. The van der Waals surface area contributed by atoms with Gasteiger partial charge in [0.15, 0.2) is 5.96 Å². The van der Waals surface area contributed by atoms with Crippen LogP contribution in [0.3, 0.4) is 0 Å². The summed E-state index contributed by atoms with van der Waals surface area (Å²) >= 11 is 0. The molecule has 1 unspecified atom stereocenters. The summed E-state index contributed by atoms with van der Waals surface area (Å²) < 4.78 is 5.81. The Hall–Kier alpha value is -6.88. The zero-order valence-corrected chi connectivity index (χ0v) is 42.7. The van der Waals surface area contributed by atoms with Gasteiger partial charge in [0.2, 0.25) is 41.4 Å². The fourth-order valence-electron chi connectivity index (χ4n) is 7.75. The van der Waals surface area contributed by atoms with Crippen molar-refractivity contribution in [1.29, 1.82) is 0 Å². The first-order valence-corrected chi connectivity index (χ1v) is 23.9. The van der Waals surface area contributed by atoms with Crippen LogP contribution in [0, 0.1) is 23.7 Å². The molecule has 2 rings (SSSR count). The van der Waals surface area contributed by atoms with Crippen molar-refractivity contribution >= 4 is 59.2 Å². The van der Waals surface area contributed by atoms with Gasteiger partial charge in [-0.25, -0.2) is 9.59 Å². The Morgan fingerprint density at radius 2 is 1.43 bits per heavy atom. The van der Waals surface area contributed by atoms with Gasteiger partial charge in [0.05, 0.1) is 30.6 Å². The monoisotopic (exact) mass is 1010 g/mol. The fraction of sp³-hybridized carbons (Fsp3) is 0.592. The number of aliphatic carboxylic acids is 2. The maximum Gasteiger partial charge on any atom is 0.327 e. The highest BCUT2D eigenvalue weighted by molar-refractivity contribution is 5.97. The van der Waals surface area contributed by atoms with E-state index in [1.54, 1.807) is 34.0 Å². The van der Waals surface area contributed by atoms with Gasteiger partial charge in [0, 0.05) is 33.0 Å². The Labute approximate surface area is 420 Å². The molecule has 1 aliphatic rings. The zero-order valence-electron chi connectivity index (χ0n) is 42.7. The number of hydrogen-bond acceptors (Lipinski definition) is 12. The minimum absolute atomic E-state index is 0.0152. The summed E-state index contributed by atoms with van der Waals surface area (Å²) in [5.74, 6) is -12.8. The number of ether oxygens (including phenoxy) is 1. The number of carboxylic acids is 2. The molecule has 1 saturated heterocycles. The van der Waals surface area contributed by atoms with E-state index < -0.39 is 127 Å². The average Bonchev–Trinajstić information content (AvgIpc) is 3.31. The maximum absolute atomic E-state index is 14.4. The molecule has 11 atom stereocenters. The van der Waals surface area contributed by atoms with Crippen LogP contribution in [0.1, 0.15) is 86.1 Å². The highest BCUT2D eigenvalue weighted by atomic mass is 16.5. The zero-order chi connectivity index (χ0) is 54.4. The van der Waals surface area contributed by atoms with E-state index >= 15 is 0 Å². The van der Waals surface area contributed by atoms with E-state index in [9.17, 15) is 58.5 Å². The SMILES string of the molecule is CO[C@@H](Cc1ccccc1)[C@@H](C)/C=C(C)/C=C/[C@@H]1NC(=O)[C@H](CCCN=C(N)N)NC(=O)[C@@H](C)C(C(=O)O)NC(=O)[C@H](CC(C)C)NC(=O)[C@@H](C)NC(=O)[C@H](CO)N(C)C(=O)CC[C@H](C(=O)O)NC(=O)[C@H]1C. The first kappa shape index (κ1) is 61.2. The van der Waals surface area contributed by atoms with Crippen LogP contribution in [-0.4, -0.2) is 155 Å². The molecule has 1 heterocycles. The normalized spacial score (nSPS) is 26.2. The number of nitrogens with zero attached hydrogens (tertiary/aromatic N) is 2. The van der Waals surface area contributed by atoms with Crippen molar-refractivity contribution < 1.29 is 63.2 Å². The van der Waals surface area contributed by atoms with E-state index in [1.165, 1.54) is 33.9 Å². The maximum atomic E-state index is 14.4. The van der Waals surface area contributed by atoms with Gasteiger partial charge in [-0.05, 0) is 57.4 Å². The number of carbonyl (C=O) groups is 9. The lowest BCUT2D eigenvalue weighted by Crippen LogP contribution is -2.59. The summed E-state index contributed by atoms with van der Waals surface area (Å²) in [4.78, 5) is 126. The molecule has 0 aromatic heterocycles. The number of rotatable bonds is 16. The second-order valence-corrected chi connectivity index (χ2v) is 18.6. The average molecular weight is 1010 g/mol. The molecule has 7 amide bonds. The largest absolute Gasteiger partial charge is 0.480 e. The Morgan fingerprint density at radius 1 is 0.819 bits per heavy atom. The smallest absolute Gasteiger partial charge is 0.327 e. The van der Waals surface area contributed by atoms with Gasteiger partial charge in [-0.2, -0.15) is 0 Å². The number of hydrogen-bond donors (Lipinski definition) is 11. The molecule has 0 saturated carbocycles. The molecule has 1 aliphatic heterocycles. The Bertz CT molecular complexity index is 2130. The second kappa shape index (κ2) is 30.1. The number of nitrogens with one attached hydrogen (secondary N) is 6. The van der Waals surface area contributed by atoms with Crippen molar-refractivity contribution in [1.82, 2.24) is 36.8 Å². The molecule has 72 heavy (non-hydrogen) atoms. The summed E-state index contributed by atoms with van der Waals surface area (Å²) in [6, 6.07) is -0.737. The molecule has 0 aliphatic carbocycles. The molecule has 13 N–H and O–H groups in total. The molecule has 0 radical (unpaired) electrons. The van der Waals surface area contributed by atoms with Crippen LogP contribution in [0.15, 0.2) is 59.1 Å². The predicted molar refractivity (Wildman–Crippen MR) is 266 cm³/mol. The first-order chi connectivity index (χ1) is 33.8. The molecule has 0 bridgehead atoms. The summed E-state index contributed by atoms with van der Waals surface area (Å²) in [5.41, 5.74) is 12.8. The predicted octanol–water partition coefficient (Wildman–Crippen LogP) is -0.534. The third-order valence-electron chi connectivity index (χ3n) is 12.3. The van der Waals surface area contributed by atoms with Gasteiger partial charge >= 0.3 is 11.9 Å². The number of guanidine groups is 1. The summed E-state index contributed by atoms with van der Waals surface area (Å²) in [7, 11) is 2.79. The number of likely N-dealkylation sites (N-methyl/N-ethyl adjacent to an activating group) is 1. The lowest BCUT2D eigenvalue weighted by Gasteiger charge is -2.29. The number of carboxylic acid groups (broad SMARTS) is 2. The number of carbonyl (C=O) groups excluding carboxylic acids is 7. The second-order valence-electron chi connectivity index (χ2n) is 18.6. The summed E-state index contributed by atoms with van der Waals surface area (Å²) in [6.07, 6.45) is 4.48. The van der Waals surface area contributed by atoms with Crippen molar-refractivity contribution in [2.75, 3.05) is 27.3 Å². The molecule has 1 fully saturated rings. The van der Waals surface area contributed by atoms with Crippen molar-refractivity contribution in [3.05, 3.63) is 59.7 Å². The van der Waals surface area contributed by atoms with Gasteiger partial charge in [-0.15, -0.1) is 0 Å². The van der Waals surface area contributed by atoms with Crippen molar-refractivity contribution in [3.63, 3.8) is 0 Å². The molecule has 0 spiro atoms. The van der Waals surface area contributed by atoms with Crippen LogP contribution < -0.4 is 43.4 Å². The van der Waals surface area contributed by atoms with E-state index in [0.29, 0.717) is 12.0 Å². The van der Waals surface area contributed by atoms with Crippen molar-refractivity contribution in [3.8, 4) is 0 Å². The lowest BCUT2D eigenvalue weighted by atomic mass is 9.94. The van der Waals surface area contributed by atoms with Crippen LogP contribution in [0.4, 0.5) is 0 Å². The number of nitrogens with two attached hydrogens (primary N) is 2. The number of aliphatic hydroxyl groups excluding tert-OH is 1. The summed E-state index contributed by atoms with van der Waals surface area (Å²) in [5, 5.41) is 45.6. The minimum atomic E-state index is -1.90. The van der Waals surface area contributed by atoms with E-state index in [-0.39, 0.29) is 49.7 Å². The van der Waals surface area contributed by atoms with Gasteiger partial charge < -0.3 is 68.3 Å². The number of amides is 7. The van der Waals surface area contributed by atoms with Gasteiger partial charge in [-0.3, -0.25) is 38.6 Å². The highest BCUT2D eigenvalue weighted by Gasteiger charge is 2.38. The third kappa shape index (κ3) is 20.1. The molecular weight excluding hydrogens is 937 g/mol. The number of benzene rings is 1. The lowest BCUT2D eigenvalue weighted by molar-refractivity contribution is -0.146. The Kier molecular flexibility index (Phi) is 25.6. The number of methoxy groups -OCH3 is 1. The first-order valence-electron chi connectivity index (χ1n) is 23.9. The van der Waals surface area contributed by atoms with Gasteiger partial charge in [0.1, 0.15) is 36.3 Å². The van der Waals surface area contributed by atoms with Crippen LogP contribution in [0.2, 0.25) is 0 Å². The van der Waals surface area contributed by atoms with E-state index in [2.05, 4.69) is 36.9 Å². The van der Waals surface area contributed by atoms with Crippen LogP contribution >= 0.6 is 0 Å². The Morgan fingerprint density at radius 3 is 2.00 bits per heavy atom. The molecule has 1 aromatic carbocycles.